The Morgan fingerprint density at radius 1 is 1.55 bits per heavy atom. The second-order valence-corrected chi connectivity index (χ2v) is 5.54. The van der Waals surface area contributed by atoms with Gasteiger partial charge in [-0.1, -0.05) is 11.6 Å². The van der Waals surface area contributed by atoms with E-state index in [0.29, 0.717) is 33.7 Å². The van der Waals surface area contributed by atoms with Crippen molar-refractivity contribution < 1.29 is 9.21 Å². The first kappa shape index (κ1) is 13.4. The summed E-state index contributed by atoms with van der Waals surface area (Å²) < 4.78 is 5.83. The number of aromatic nitrogens is 1. The number of Topliss-reactive ketones (excluding diaryl/α,β-unsaturated/α-hetero) is 1. The van der Waals surface area contributed by atoms with Gasteiger partial charge in [0.05, 0.1) is 5.56 Å². The molecule has 1 aromatic carbocycles. The minimum absolute atomic E-state index is 0.0754. The minimum Gasteiger partial charge on any atom is -0.423 e. The number of rotatable bonds is 2. The van der Waals surface area contributed by atoms with Crippen molar-refractivity contribution in [3.63, 3.8) is 0 Å². The molecule has 6 heteroatoms. The van der Waals surface area contributed by atoms with Gasteiger partial charge in [0.2, 0.25) is 0 Å². The zero-order valence-electron chi connectivity index (χ0n) is 11.4. The zero-order chi connectivity index (χ0) is 14.3. The van der Waals surface area contributed by atoms with Crippen LogP contribution in [0.4, 0.5) is 6.01 Å². The molecule has 5 nitrogen and oxygen atoms in total. The van der Waals surface area contributed by atoms with E-state index >= 15 is 0 Å². The molecule has 2 aromatic rings. The number of carbonyl (C=O) groups is 1. The number of nitrogens with one attached hydrogen (secondary N) is 1. The molecule has 1 N–H and O–H groups in total. The number of fused-ring (bicyclic) bond motifs is 1. The van der Waals surface area contributed by atoms with Crippen molar-refractivity contribution in [2.75, 3.05) is 24.5 Å². The summed E-state index contributed by atoms with van der Waals surface area (Å²) in [5.41, 5.74) is 1.63. The minimum atomic E-state index is -0.0754. The zero-order valence-corrected chi connectivity index (χ0v) is 12.2. The van der Waals surface area contributed by atoms with Gasteiger partial charge >= 0.3 is 0 Å². The Morgan fingerprint density at radius 3 is 3.05 bits per heavy atom. The van der Waals surface area contributed by atoms with E-state index in [4.69, 9.17) is 16.0 Å². The van der Waals surface area contributed by atoms with Crippen LogP contribution in [0.25, 0.3) is 11.1 Å². The predicted molar refractivity (Wildman–Crippen MR) is 78.7 cm³/mol. The van der Waals surface area contributed by atoms with Crippen LogP contribution in [0, 0.1) is 0 Å². The molecule has 1 unspecified atom stereocenters. The van der Waals surface area contributed by atoms with Crippen LogP contribution in [0.1, 0.15) is 24.2 Å². The molecule has 1 aromatic heterocycles. The fourth-order valence-electron chi connectivity index (χ4n) is 2.50. The maximum absolute atomic E-state index is 11.7. The van der Waals surface area contributed by atoms with Crippen LogP contribution >= 0.6 is 11.6 Å². The number of ketones is 1. The fraction of sp³-hybridized carbons (Fsp3) is 0.429. The fourth-order valence-corrected chi connectivity index (χ4v) is 2.71. The van der Waals surface area contributed by atoms with Crippen molar-refractivity contribution in [1.82, 2.24) is 10.3 Å². The second-order valence-electron chi connectivity index (χ2n) is 5.10. The average Bonchev–Trinajstić information content (AvgIpc) is 2.81. The Morgan fingerprint density at radius 2 is 2.35 bits per heavy atom. The molecule has 0 amide bonds. The predicted octanol–water partition coefficient (Wildman–Crippen LogP) is 2.48. The first-order chi connectivity index (χ1) is 9.56. The first-order valence-corrected chi connectivity index (χ1v) is 7.02. The van der Waals surface area contributed by atoms with Crippen LogP contribution in [0.15, 0.2) is 16.5 Å². The summed E-state index contributed by atoms with van der Waals surface area (Å²) in [5.74, 6) is -0.0754. The molecular formula is C14H16ClN3O2. The molecule has 3 rings (SSSR count). The van der Waals surface area contributed by atoms with Crippen LogP contribution in [-0.2, 0) is 0 Å². The van der Waals surface area contributed by atoms with E-state index < -0.39 is 0 Å². The Bertz CT molecular complexity index is 668. The monoisotopic (exact) mass is 293 g/mol. The van der Waals surface area contributed by atoms with Crippen molar-refractivity contribution in [1.29, 1.82) is 0 Å². The molecule has 1 saturated heterocycles. The molecule has 0 spiro atoms. The number of benzene rings is 1. The summed E-state index contributed by atoms with van der Waals surface area (Å²) in [6.45, 7) is 6.22. The summed E-state index contributed by atoms with van der Waals surface area (Å²) in [6.07, 6.45) is 0. The van der Waals surface area contributed by atoms with Gasteiger partial charge in [0, 0.05) is 30.7 Å². The van der Waals surface area contributed by atoms with Gasteiger partial charge in [-0.25, -0.2) is 0 Å². The number of oxazole rings is 1. The summed E-state index contributed by atoms with van der Waals surface area (Å²) in [6, 6.07) is 4.21. The smallest absolute Gasteiger partial charge is 0.298 e. The number of carbonyl (C=O) groups excluding carboxylic acids is 1. The molecule has 106 valence electrons. The van der Waals surface area contributed by atoms with Crippen molar-refractivity contribution in [2.24, 2.45) is 0 Å². The number of hydrogen-bond donors (Lipinski definition) is 1. The van der Waals surface area contributed by atoms with E-state index in [1.165, 1.54) is 6.92 Å². The third-order valence-electron chi connectivity index (χ3n) is 3.57. The third-order valence-corrected chi connectivity index (χ3v) is 3.79. The third kappa shape index (κ3) is 2.27. The van der Waals surface area contributed by atoms with Crippen molar-refractivity contribution in [3.05, 3.63) is 22.7 Å². The molecule has 1 aliphatic rings. The van der Waals surface area contributed by atoms with E-state index in [9.17, 15) is 4.79 Å². The molecular weight excluding hydrogens is 278 g/mol. The molecule has 20 heavy (non-hydrogen) atoms. The van der Waals surface area contributed by atoms with E-state index in [1.54, 1.807) is 12.1 Å². The van der Waals surface area contributed by atoms with Crippen LogP contribution < -0.4 is 10.2 Å². The Labute approximate surface area is 121 Å². The normalized spacial score (nSPS) is 19.6. The molecule has 0 bridgehead atoms. The maximum Gasteiger partial charge on any atom is 0.298 e. The average molecular weight is 294 g/mol. The Kier molecular flexibility index (Phi) is 3.40. The van der Waals surface area contributed by atoms with Gasteiger partial charge in [0.1, 0.15) is 5.52 Å². The molecule has 0 saturated carbocycles. The molecule has 2 heterocycles. The lowest BCUT2D eigenvalue weighted by Crippen LogP contribution is -2.50. The van der Waals surface area contributed by atoms with Gasteiger partial charge in [-0.3, -0.25) is 4.79 Å². The molecule has 1 atom stereocenters. The standard InChI is InChI=1S/C14H16ClN3O2/c1-8-7-16-3-4-18(8)14-17-12-6-10(15)5-11(9(2)19)13(12)20-14/h5-6,8,16H,3-4,7H2,1-2H3. The lowest BCUT2D eigenvalue weighted by molar-refractivity contribution is 0.101. The van der Waals surface area contributed by atoms with E-state index in [-0.39, 0.29) is 5.78 Å². The summed E-state index contributed by atoms with van der Waals surface area (Å²) >= 11 is 6.03. The van der Waals surface area contributed by atoms with E-state index in [2.05, 4.69) is 22.1 Å². The molecule has 0 radical (unpaired) electrons. The highest BCUT2D eigenvalue weighted by molar-refractivity contribution is 6.32. The van der Waals surface area contributed by atoms with Gasteiger partial charge < -0.3 is 14.6 Å². The van der Waals surface area contributed by atoms with Gasteiger partial charge in [-0.15, -0.1) is 0 Å². The summed E-state index contributed by atoms with van der Waals surface area (Å²) in [7, 11) is 0. The van der Waals surface area contributed by atoms with Crippen LogP contribution in [-0.4, -0.2) is 36.4 Å². The largest absolute Gasteiger partial charge is 0.423 e. The van der Waals surface area contributed by atoms with Crippen molar-refractivity contribution in [3.8, 4) is 0 Å². The van der Waals surface area contributed by atoms with Gasteiger partial charge in [0.15, 0.2) is 11.4 Å². The lowest BCUT2D eigenvalue weighted by Gasteiger charge is -2.32. The number of nitrogens with zero attached hydrogens (tertiary/aromatic N) is 2. The molecule has 0 aliphatic carbocycles. The molecule has 1 fully saturated rings. The lowest BCUT2D eigenvalue weighted by atomic mass is 10.1. The van der Waals surface area contributed by atoms with Crippen molar-refractivity contribution >= 4 is 34.5 Å². The topological polar surface area (TPSA) is 58.4 Å². The van der Waals surface area contributed by atoms with E-state index in [1.807, 2.05) is 0 Å². The summed E-state index contributed by atoms with van der Waals surface area (Å²) in [4.78, 5) is 18.3. The summed E-state index contributed by atoms with van der Waals surface area (Å²) in [5, 5.41) is 3.82. The molecule has 1 aliphatic heterocycles. The highest BCUT2D eigenvalue weighted by atomic mass is 35.5. The first-order valence-electron chi connectivity index (χ1n) is 6.64. The van der Waals surface area contributed by atoms with E-state index in [0.717, 1.165) is 19.6 Å². The quantitative estimate of drug-likeness (QED) is 0.862. The Balaban J connectivity index is 2.10. The SMILES string of the molecule is CC(=O)c1cc(Cl)cc2nc(N3CCNCC3C)oc12. The van der Waals surface area contributed by atoms with Gasteiger partial charge in [-0.2, -0.15) is 4.98 Å². The number of anilines is 1. The second kappa shape index (κ2) is 5.07. The number of piperazine rings is 1. The van der Waals surface area contributed by atoms with Crippen LogP contribution in [0.3, 0.4) is 0 Å². The van der Waals surface area contributed by atoms with Crippen LogP contribution in [0.5, 0.6) is 0 Å². The number of hydrogen-bond acceptors (Lipinski definition) is 5. The maximum atomic E-state index is 11.7. The van der Waals surface area contributed by atoms with Crippen molar-refractivity contribution in [2.45, 2.75) is 19.9 Å². The van der Waals surface area contributed by atoms with Crippen LogP contribution in [0.2, 0.25) is 5.02 Å². The Hall–Kier alpha value is -1.59. The highest BCUT2D eigenvalue weighted by Crippen LogP contribution is 2.29. The highest BCUT2D eigenvalue weighted by Gasteiger charge is 2.24. The van der Waals surface area contributed by atoms with Gasteiger partial charge in [-0.05, 0) is 26.0 Å². The van der Waals surface area contributed by atoms with Gasteiger partial charge in [0.25, 0.3) is 6.01 Å². The number of halogens is 1.